The summed E-state index contributed by atoms with van der Waals surface area (Å²) in [5, 5.41) is 2.52. The molecule has 6 nitrogen and oxygen atoms in total. The fourth-order valence-corrected chi connectivity index (χ4v) is 3.13. The van der Waals surface area contributed by atoms with Gasteiger partial charge >= 0.3 is 5.97 Å². The Morgan fingerprint density at radius 1 is 0.933 bits per heavy atom. The fraction of sp³-hybridized carbons (Fsp3) is 0.375. The number of nitrogens with zero attached hydrogens (tertiary/aromatic N) is 2. The molecule has 0 spiro atoms. The smallest absolute Gasteiger partial charge is 0.327 e. The summed E-state index contributed by atoms with van der Waals surface area (Å²) < 4.78 is 4.80. The van der Waals surface area contributed by atoms with Gasteiger partial charge in [-0.1, -0.05) is 36.8 Å². The van der Waals surface area contributed by atoms with Crippen LogP contribution < -0.4 is 0 Å². The van der Waals surface area contributed by atoms with Crippen LogP contribution in [0.1, 0.15) is 59.5 Å². The van der Waals surface area contributed by atoms with Crippen molar-refractivity contribution in [3.8, 4) is 0 Å². The lowest BCUT2D eigenvalue weighted by Crippen LogP contribution is -2.59. The molecule has 0 aliphatic heterocycles. The van der Waals surface area contributed by atoms with Crippen molar-refractivity contribution in [2.45, 2.75) is 46.6 Å². The zero-order valence-corrected chi connectivity index (χ0v) is 18.6. The Labute approximate surface area is 178 Å². The van der Waals surface area contributed by atoms with Crippen molar-refractivity contribution in [2.24, 2.45) is 0 Å². The third-order valence-electron chi connectivity index (χ3n) is 4.68. The molecule has 0 N–H and O–H groups in total. The van der Waals surface area contributed by atoms with Crippen LogP contribution in [0.3, 0.4) is 0 Å². The highest BCUT2D eigenvalue weighted by Gasteiger charge is 2.37. The van der Waals surface area contributed by atoms with Gasteiger partial charge in [-0.25, -0.2) is 10.0 Å². The minimum Gasteiger partial charge on any atom is -0.468 e. The molecule has 160 valence electrons. The van der Waals surface area contributed by atoms with E-state index >= 15 is 0 Å². The van der Waals surface area contributed by atoms with Crippen molar-refractivity contribution in [2.75, 3.05) is 13.7 Å². The van der Waals surface area contributed by atoms with Gasteiger partial charge in [0, 0.05) is 11.1 Å². The number of esters is 1. The summed E-state index contributed by atoms with van der Waals surface area (Å²) in [5.41, 5.74) is 2.08. The molecule has 2 rings (SSSR count). The van der Waals surface area contributed by atoms with Gasteiger partial charge in [0.25, 0.3) is 11.8 Å². The van der Waals surface area contributed by atoms with Gasteiger partial charge in [0.1, 0.15) is 6.54 Å². The molecule has 0 radical (unpaired) electrons. The van der Waals surface area contributed by atoms with Crippen LogP contribution in [-0.2, 0) is 16.0 Å². The van der Waals surface area contributed by atoms with E-state index in [1.807, 2.05) is 52.8 Å². The fourth-order valence-electron chi connectivity index (χ4n) is 3.13. The third kappa shape index (κ3) is 5.47. The molecule has 2 amide bonds. The Hall–Kier alpha value is -3.15. The molecular formula is C24H30N2O4. The highest BCUT2D eigenvalue weighted by atomic mass is 16.5. The van der Waals surface area contributed by atoms with E-state index in [4.69, 9.17) is 4.74 Å². The topological polar surface area (TPSA) is 66.9 Å². The molecule has 0 aliphatic rings. The number of aryl methyl sites for hydroxylation is 2. The van der Waals surface area contributed by atoms with Crippen molar-refractivity contribution in [1.82, 2.24) is 10.0 Å². The Bertz CT molecular complexity index is 914. The zero-order chi connectivity index (χ0) is 22.5. The van der Waals surface area contributed by atoms with E-state index in [2.05, 4.69) is 0 Å². The normalized spacial score (nSPS) is 11.0. The Morgan fingerprint density at radius 2 is 1.57 bits per heavy atom. The number of amides is 2. The predicted octanol–water partition coefficient (Wildman–Crippen LogP) is 4.03. The van der Waals surface area contributed by atoms with E-state index in [9.17, 15) is 14.4 Å². The molecule has 30 heavy (non-hydrogen) atoms. The number of carbonyl (C=O) groups is 3. The molecule has 0 fully saturated rings. The minimum absolute atomic E-state index is 0.367. The summed E-state index contributed by atoms with van der Waals surface area (Å²) >= 11 is 0. The second-order valence-corrected chi connectivity index (χ2v) is 8.15. The average molecular weight is 411 g/mol. The van der Waals surface area contributed by atoms with E-state index in [1.165, 1.54) is 17.1 Å². The number of hydrazine groups is 1. The molecule has 6 heteroatoms. The summed E-state index contributed by atoms with van der Waals surface area (Å²) in [4.78, 5) is 39.0. The number of hydrogen-bond acceptors (Lipinski definition) is 4. The maximum Gasteiger partial charge on any atom is 0.327 e. The monoisotopic (exact) mass is 410 g/mol. The van der Waals surface area contributed by atoms with Crippen LogP contribution in [0.5, 0.6) is 0 Å². The van der Waals surface area contributed by atoms with Crippen molar-refractivity contribution < 1.29 is 19.1 Å². The Morgan fingerprint density at radius 3 is 2.07 bits per heavy atom. The minimum atomic E-state index is -0.770. The summed E-state index contributed by atoms with van der Waals surface area (Å²) in [6.07, 6.45) is 0.848. The lowest BCUT2D eigenvalue weighted by Gasteiger charge is -2.43. The van der Waals surface area contributed by atoms with Crippen LogP contribution in [0, 0.1) is 6.92 Å². The molecule has 0 saturated heterocycles. The highest BCUT2D eigenvalue weighted by molar-refractivity contribution is 6.00. The molecule has 0 unspecified atom stereocenters. The van der Waals surface area contributed by atoms with Crippen LogP contribution in [-0.4, -0.2) is 47.0 Å². The molecule has 0 aromatic heterocycles. The molecular weight excluding hydrogens is 380 g/mol. The largest absolute Gasteiger partial charge is 0.468 e. The first-order chi connectivity index (χ1) is 14.1. The Kier molecular flexibility index (Phi) is 7.38. The maximum absolute atomic E-state index is 13.5. The van der Waals surface area contributed by atoms with Crippen LogP contribution in [0.2, 0.25) is 0 Å². The van der Waals surface area contributed by atoms with Crippen LogP contribution >= 0.6 is 0 Å². The number of benzene rings is 2. The Balaban J connectivity index is 2.54. The molecule has 0 atom stereocenters. The number of methoxy groups -OCH3 is 1. The molecule has 2 aromatic rings. The lowest BCUT2D eigenvalue weighted by atomic mass is 10.0. The first-order valence-electron chi connectivity index (χ1n) is 9.97. The lowest BCUT2D eigenvalue weighted by molar-refractivity contribution is -0.145. The van der Waals surface area contributed by atoms with Crippen LogP contribution in [0.25, 0.3) is 0 Å². The second-order valence-electron chi connectivity index (χ2n) is 8.15. The van der Waals surface area contributed by atoms with E-state index in [-0.39, 0.29) is 12.5 Å². The summed E-state index contributed by atoms with van der Waals surface area (Å²) in [5.74, 6) is -1.42. The number of carbonyl (C=O) groups excluding carboxylic acids is 3. The highest BCUT2D eigenvalue weighted by Crippen LogP contribution is 2.23. The summed E-state index contributed by atoms with van der Waals surface area (Å²) in [6, 6.07) is 14.3. The van der Waals surface area contributed by atoms with E-state index in [0.29, 0.717) is 11.1 Å². The van der Waals surface area contributed by atoms with Crippen molar-refractivity contribution in [3.63, 3.8) is 0 Å². The van der Waals surface area contributed by atoms with Gasteiger partial charge in [0.2, 0.25) is 0 Å². The van der Waals surface area contributed by atoms with E-state index in [0.717, 1.165) is 17.5 Å². The second kappa shape index (κ2) is 9.57. The first kappa shape index (κ1) is 23.1. The van der Waals surface area contributed by atoms with Crippen molar-refractivity contribution in [3.05, 3.63) is 70.8 Å². The van der Waals surface area contributed by atoms with E-state index in [1.54, 1.807) is 30.3 Å². The van der Waals surface area contributed by atoms with Gasteiger partial charge in [-0.3, -0.25) is 14.4 Å². The van der Waals surface area contributed by atoms with E-state index < -0.39 is 17.4 Å². The van der Waals surface area contributed by atoms with Gasteiger partial charge in [-0.2, -0.15) is 0 Å². The third-order valence-corrected chi connectivity index (χ3v) is 4.68. The van der Waals surface area contributed by atoms with Crippen molar-refractivity contribution in [1.29, 1.82) is 0 Å². The molecule has 0 aliphatic carbocycles. The number of ether oxygens (including phenoxy) is 1. The molecule has 0 heterocycles. The van der Waals surface area contributed by atoms with Crippen LogP contribution in [0.4, 0.5) is 0 Å². The molecule has 2 aromatic carbocycles. The molecule has 0 saturated carbocycles. The average Bonchev–Trinajstić information content (AvgIpc) is 2.71. The van der Waals surface area contributed by atoms with Gasteiger partial charge in [0.15, 0.2) is 0 Å². The van der Waals surface area contributed by atoms with Gasteiger partial charge in [-0.05, 0) is 63.9 Å². The first-order valence-corrected chi connectivity index (χ1v) is 9.97. The van der Waals surface area contributed by atoms with Gasteiger partial charge < -0.3 is 4.74 Å². The predicted molar refractivity (Wildman–Crippen MR) is 116 cm³/mol. The standard InChI is InChI=1S/C24H30N2O4/c1-7-18-11-13-19(14-12-18)22(28)25(16-21(27)30-6)26(24(3,4)5)23(29)20-10-8-9-17(2)15-20/h8-15H,7,16H2,1-6H3. The summed E-state index contributed by atoms with van der Waals surface area (Å²) in [7, 11) is 1.25. The quantitative estimate of drug-likeness (QED) is 0.551. The molecule has 0 bridgehead atoms. The SMILES string of the molecule is CCc1ccc(C(=O)N(CC(=O)OC)N(C(=O)c2cccc(C)c2)C(C)(C)C)cc1. The number of hydrogen-bond donors (Lipinski definition) is 0. The maximum atomic E-state index is 13.5. The summed E-state index contributed by atoms with van der Waals surface area (Å²) in [6.45, 7) is 9.00. The number of rotatable bonds is 5. The van der Waals surface area contributed by atoms with Gasteiger partial charge in [0.05, 0.1) is 12.6 Å². The zero-order valence-electron chi connectivity index (χ0n) is 18.6. The van der Waals surface area contributed by atoms with Crippen molar-refractivity contribution >= 4 is 17.8 Å². The van der Waals surface area contributed by atoms with Crippen LogP contribution in [0.15, 0.2) is 48.5 Å². The van der Waals surface area contributed by atoms with Gasteiger partial charge in [-0.15, -0.1) is 0 Å².